The highest BCUT2D eigenvalue weighted by atomic mass is 32.3. The molecule has 0 fully saturated rings. The Labute approximate surface area is 97.5 Å². The number of carbonyl (C=O) groups is 1. The van der Waals surface area contributed by atoms with Crippen molar-refractivity contribution < 1.29 is 31.8 Å². The predicted octanol–water partition coefficient (Wildman–Crippen LogP) is -0.0963. The third-order valence-corrected chi connectivity index (χ3v) is 2.10. The van der Waals surface area contributed by atoms with Gasteiger partial charge in [0.1, 0.15) is 5.75 Å². The van der Waals surface area contributed by atoms with Crippen molar-refractivity contribution in [3.05, 3.63) is 29.8 Å². The van der Waals surface area contributed by atoms with Crippen molar-refractivity contribution in [1.29, 1.82) is 0 Å². The van der Waals surface area contributed by atoms with Crippen molar-refractivity contribution in [2.75, 3.05) is 6.79 Å². The number of benzene rings is 1. The molecule has 0 aliphatic heterocycles. The summed E-state index contributed by atoms with van der Waals surface area (Å²) in [7, 11) is -4.77. The Morgan fingerprint density at radius 1 is 1.24 bits per heavy atom. The van der Waals surface area contributed by atoms with Gasteiger partial charge in [-0.05, 0) is 17.7 Å². The van der Waals surface area contributed by atoms with Crippen LogP contribution in [0.3, 0.4) is 0 Å². The van der Waals surface area contributed by atoms with Crippen molar-refractivity contribution in [1.82, 2.24) is 0 Å². The lowest BCUT2D eigenvalue weighted by atomic mass is 10.1. The van der Waals surface area contributed by atoms with Crippen molar-refractivity contribution in [2.24, 2.45) is 0 Å². The van der Waals surface area contributed by atoms with Crippen molar-refractivity contribution in [2.45, 2.75) is 6.42 Å². The van der Waals surface area contributed by atoms with Crippen molar-refractivity contribution >= 4 is 16.4 Å². The van der Waals surface area contributed by atoms with Gasteiger partial charge in [0.15, 0.2) is 6.79 Å². The van der Waals surface area contributed by atoms with Crippen LogP contribution in [-0.4, -0.2) is 30.8 Å². The van der Waals surface area contributed by atoms with E-state index >= 15 is 0 Å². The Morgan fingerprint density at radius 3 is 2.29 bits per heavy atom. The van der Waals surface area contributed by atoms with Crippen LogP contribution in [-0.2, 0) is 25.8 Å². The number of aliphatic hydroxyl groups is 1. The zero-order valence-electron chi connectivity index (χ0n) is 8.57. The molecular formula is C9H10O7S. The molecular weight excluding hydrogens is 252 g/mol. The predicted molar refractivity (Wildman–Crippen MR) is 55.5 cm³/mol. The first-order valence-corrected chi connectivity index (χ1v) is 5.79. The molecule has 17 heavy (non-hydrogen) atoms. The number of carbonyl (C=O) groups excluding carboxylic acids is 1. The Balaban J connectivity index is 2.60. The van der Waals surface area contributed by atoms with Crippen molar-refractivity contribution in [3.63, 3.8) is 0 Å². The van der Waals surface area contributed by atoms with Gasteiger partial charge in [0, 0.05) is 0 Å². The summed E-state index contributed by atoms with van der Waals surface area (Å²) in [6, 6.07) is 5.98. The first-order valence-electron chi connectivity index (χ1n) is 4.43. The summed E-state index contributed by atoms with van der Waals surface area (Å²) < 4.78 is 37.2. The maximum Gasteiger partial charge on any atom is 0.448 e. The Morgan fingerprint density at radius 2 is 1.82 bits per heavy atom. The third-order valence-electron chi connectivity index (χ3n) is 1.70. The fourth-order valence-corrected chi connectivity index (χ4v) is 1.39. The Hall–Kier alpha value is -1.64. The molecule has 0 aliphatic carbocycles. The van der Waals surface area contributed by atoms with E-state index in [2.05, 4.69) is 4.18 Å². The highest BCUT2D eigenvalue weighted by Crippen LogP contribution is 2.12. The van der Waals surface area contributed by atoms with E-state index in [9.17, 15) is 13.2 Å². The molecule has 0 saturated heterocycles. The topological polar surface area (TPSA) is 110 Å². The minimum Gasteiger partial charge on any atom is -0.468 e. The van der Waals surface area contributed by atoms with Gasteiger partial charge in [-0.2, -0.15) is 8.42 Å². The number of ether oxygens (including phenoxy) is 1. The molecule has 1 rings (SSSR count). The molecule has 0 saturated carbocycles. The molecule has 0 unspecified atom stereocenters. The number of hydrogen-bond acceptors (Lipinski definition) is 6. The average Bonchev–Trinajstić information content (AvgIpc) is 2.18. The molecule has 0 spiro atoms. The summed E-state index contributed by atoms with van der Waals surface area (Å²) in [4.78, 5) is 11.0. The highest BCUT2D eigenvalue weighted by Gasteiger charge is 2.13. The summed E-state index contributed by atoms with van der Waals surface area (Å²) in [5.74, 6) is -0.692. The van der Waals surface area contributed by atoms with Gasteiger partial charge < -0.3 is 14.0 Å². The van der Waals surface area contributed by atoms with Crippen LogP contribution in [0.5, 0.6) is 5.75 Å². The number of hydrogen-bond donors (Lipinski definition) is 2. The second-order valence-electron chi connectivity index (χ2n) is 2.98. The van der Waals surface area contributed by atoms with Crippen LogP contribution in [0.25, 0.3) is 0 Å². The van der Waals surface area contributed by atoms with Gasteiger partial charge in [-0.3, -0.25) is 9.35 Å². The number of aliphatic hydroxyl groups excluding tert-OH is 1. The molecule has 94 valence electrons. The zero-order chi connectivity index (χ0) is 12.9. The SMILES string of the molecule is O=C(Cc1ccc(OCO)cc1)OS(=O)(=O)O. The van der Waals surface area contributed by atoms with Crippen LogP contribution in [0.1, 0.15) is 5.56 Å². The summed E-state index contributed by atoms with van der Waals surface area (Å²) >= 11 is 0. The normalized spacial score (nSPS) is 10.9. The lowest BCUT2D eigenvalue weighted by Gasteiger charge is -2.03. The van der Waals surface area contributed by atoms with Gasteiger partial charge in [0.05, 0.1) is 6.42 Å². The molecule has 0 atom stereocenters. The molecule has 0 heterocycles. The molecule has 0 aromatic heterocycles. The standard InChI is InChI=1S/C9H10O7S/c10-6-15-8-3-1-7(2-4-8)5-9(11)16-17(12,13)14/h1-4,10H,5-6H2,(H,12,13,14). The molecule has 7 nitrogen and oxygen atoms in total. The summed E-state index contributed by atoms with van der Waals surface area (Å²) in [5, 5.41) is 8.47. The van der Waals surface area contributed by atoms with Crippen LogP contribution in [0, 0.1) is 0 Å². The molecule has 1 aromatic rings. The summed E-state index contributed by atoms with van der Waals surface area (Å²) in [5.41, 5.74) is 0.476. The number of rotatable bonds is 5. The van der Waals surface area contributed by atoms with E-state index < -0.39 is 23.2 Å². The van der Waals surface area contributed by atoms with Gasteiger partial charge in [0.2, 0.25) is 0 Å². The van der Waals surface area contributed by atoms with Gasteiger partial charge in [-0.1, -0.05) is 12.1 Å². The van der Waals surface area contributed by atoms with E-state index in [1.165, 1.54) is 24.3 Å². The first kappa shape index (κ1) is 13.4. The minimum atomic E-state index is -4.77. The van der Waals surface area contributed by atoms with E-state index in [1.807, 2.05) is 0 Å². The Bertz CT molecular complexity index is 477. The Kier molecular flexibility index (Phi) is 4.44. The largest absolute Gasteiger partial charge is 0.468 e. The van der Waals surface area contributed by atoms with E-state index in [-0.39, 0.29) is 6.42 Å². The zero-order valence-corrected chi connectivity index (χ0v) is 9.38. The second-order valence-corrected chi connectivity index (χ2v) is 4.00. The molecule has 0 aliphatic rings. The molecule has 0 bridgehead atoms. The summed E-state index contributed by atoms with van der Waals surface area (Å²) in [6.07, 6.45) is -0.306. The van der Waals surface area contributed by atoms with Gasteiger partial charge in [-0.15, -0.1) is 0 Å². The van der Waals surface area contributed by atoms with Crippen molar-refractivity contribution in [3.8, 4) is 5.75 Å². The molecule has 0 radical (unpaired) electrons. The molecule has 2 N–H and O–H groups in total. The van der Waals surface area contributed by atoms with E-state index in [1.54, 1.807) is 0 Å². The maximum atomic E-state index is 11.0. The van der Waals surface area contributed by atoms with Crippen LogP contribution in [0.4, 0.5) is 0 Å². The lowest BCUT2D eigenvalue weighted by molar-refractivity contribution is -0.133. The molecule has 1 aromatic carbocycles. The van der Waals surface area contributed by atoms with E-state index in [0.29, 0.717) is 11.3 Å². The van der Waals surface area contributed by atoms with Gasteiger partial charge in [0.25, 0.3) is 0 Å². The van der Waals surface area contributed by atoms with E-state index in [4.69, 9.17) is 14.4 Å². The quantitative estimate of drug-likeness (QED) is 0.563. The maximum absolute atomic E-state index is 11.0. The van der Waals surface area contributed by atoms with Crippen LogP contribution >= 0.6 is 0 Å². The first-order chi connectivity index (χ1) is 7.90. The third kappa shape index (κ3) is 5.29. The fourth-order valence-electron chi connectivity index (χ4n) is 1.09. The minimum absolute atomic E-state index is 0.306. The average molecular weight is 262 g/mol. The van der Waals surface area contributed by atoms with Gasteiger partial charge >= 0.3 is 16.4 Å². The second kappa shape index (κ2) is 5.62. The fraction of sp³-hybridized carbons (Fsp3) is 0.222. The van der Waals surface area contributed by atoms with E-state index in [0.717, 1.165) is 0 Å². The molecule has 0 amide bonds. The smallest absolute Gasteiger partial charge is 0.448 e. The lowest BCUT2D eigenvalue weighted by Crippen LogP contribution is -2.13. The highest BCUT2D eigenvalue weighted by molar-refractivity contribution is 7.81. The van der Waals surface area contributed by atoms with Gasteiger partial charge in [-0.25, -0.2) is 0 Å². The monoisotopic (exact) mass is 262 g/mol. The van der Waals surface area contributed by atoms with Crippen LogP contribution < -0.4 is 4.74 Å². The summed E-state index contributed by atoms with van der Waals surface area (Å²) in [6.45, 7) is -0.468. The van der Waals surface area contributed by atoms with Crippen LogP contribution in [0.2, 0.25) is 0 Å². The van der Waals surface area contributed by atoms with Crippen LogP contribution in [0.15, 0.2) is 24.3 Å². The molecule has 8 heteroatoms.